The third kappa shape index (κ3) is 2.62. The van der Waals surface area contributed by atoms with Crippen molar-refractivity contribution in [2.45, 2.75) is 6.92 Å². The molecule has 0 aliphatic carbocycles. The zero-order valence-electron chi connectivity index (χ0n) is 10.0. The summed E-state index contributed by atoms with van der Waals surface area (Å²) in [4.78, 5) is 16.9. The van der Waals surface area contributed by atoms with Crippen LogP contribution in [0.4, 0.5) is 9.93 Å². The van der Waals surface area contributed by atoms with Crippen molar-refractivity contribution < 1.29 is 9.53 Å². The number of pyridine rings is 1. The van der Waals surface area contributed by atoms with Gasteiger partial charge in [-0.1, -0.05) is 11.3 Å². The van der Waals surface area contributed by atoms with Gasteiger partial charge in [0.05, 0.1) is 6.61 Å². The zero-order chi connectivity index (χ0) is 13.0. The van der Waals surface area contributed by atoms with Gasteiger partial charge in [0.1, 0.15) is 0 Å². The maximum Gasteiger partial charge on any atom is 0.415 e. The molecular weight excluding hydrogens is 252 g/mol. The van der Waals surface area contributed by atoms with E-state index in [0.717, 1.165) is 5.56 Å². The van der Waals surface area contributed by atoms with Crippen molar-refractivity contribution in [1.29, 1.82) is 0 Å². The Morgan fingerprint density at radius 1 is 1.50 bits per heavy atom. The van der Waals surface area contributed by atoms with Gasteiger partial charge in [-0.15, -0.1) is 10.2 Å². The molecule has 2 aromatic heterocycles. The fourth-order valence-corrected chi connectivity index (χ4v) is 2.04. The van der Waals surface area contributed by atoms with Gasteiger partial charge in [0, 0.05) is 25.0 Å². The summed E-state index contributed by atoms with van der Waals surface area (Å²) in [7, 11) is 1.60. The number of ether oxygens (including phenoxy) is 1. The number of carbonyl (C=O) groups is 1. The summed E-state index contributed by atoms with van der Waals surface area (Å²) in [5.41, 5.74) is 0.874. The van der Waals surface area contributed by atoms with E-state index >= 15 is 0 Å². The predicted molar refractivity (Wildman–Crippen MR) is 68.6 cm³/mol. The molecule has 2 rings (SSSR count). The number of hydrogen-bond donors (Lipinski definition) is 0. The molecule has 0 aliphatic heterocycles. The maximum atomic E-state index is 11.5. The van der Waals surface area contributed by atoms with Gasteiger partial charge in [0.15, 0.2) is 5.01 Å². The first kappa shape index (κ1) is 12.4. The summed E-state index contributed by atoms with van der Waals surface area (Å²) in [5.74, 6) is 0. The third-order valence-corrected chi connectivity index (χ3v) is 3.20. The number of rotatable bonds is 3. The Balaban J connectivity index is 2.18. The predicted octanol–water partition coefficient (Wildman–Crippen LogP) is 2.19. The molecule has 0 aromatic carbocycles. The van der Waals surface area contributed by atoms with Crippen LogP contribution in [0.15, 0.2) is 24.5 Å². The first-order chi connectivity index (χ1) is 8.72. The maximum absolute atomic E-state index is 11.5. The Labute approximate surface area is 108 Å². The normalized spacial score (nSPS) is 10.1. The van der Waals surface area contributed by atoms with E-state index in [1.807, 2.05) is 12.1 Å². The molecule has 6 nitrogen and oxygen atoms in total. The van der Waals surface area contributed by atoms with Crippen LogP contribution in [0.3, 0.4) is 0 Å². The van der Waals surface area contributed by atoms with Crippen LogP contribution in [0.25, 0.3) is 10.6 Å². The Morgan fingerprint density at radius 2 is 2.33 bits per heavy atom. The minimum atomic E-state index is -0.439. The third-order valence-electron chi connectivity index (χ3n) is 2.15. The number of nitrogens with zero attached hydrogens (tertiary/aromatic N) is 4. The Bertz CT molecular complexity index is 529. The van der Waals surface area contributed by atoms with Gasteiger partial charge in [-0.05, 0) is 19.1 Å². The number of hydrogen-bond acceptors (Lipinski definition) is 6. The molecule has 2 aromatic rings. The van der Waals surface area contributed by atoms with Gasteiger partial charge in [0.2, 0.25) is 5.13 Å². The summed E-state index contributed by atoms with van der Waals surface area (Å²) in [5, 5.41) is 9.20. The van der Waals surface area contributed by atoms with E-state index in [9.17, 15) is 4.79 Å². The van der Waals surface area contributed by atoms with Crippen LogP contribution in [-0.4, -0.2) is 34.9 Å². The van der Waals surface area contributed by atoms with E-state index in [4.69, 9.17) is 4.74 Å². The molecule has 1 amide bonds. The minimum Gasteiger partial charge on any atom is -0.449 e. The average Bonchev–Trinajstić information content (AvgIpc) is 2.89. The van der Waals surface area contributed by atoms with E-state index in [1.54, 1.807) is 26.4 Å². The van der Waals surface area contributed by atoms with Crippen LogP contribution in [-0.2, 0) is 4.74 Å². The Kier molecular flexibility index (Phi) is 3.83. The van der Waals surface area contributed by atoms with Crippen molar-refractivity contribution in [3.05, 3.63) is 24.5 Å². The van der Waals surface area contributed by atoms with Crippen molar-refractivity contribution in [2.75, 3.05) is 18.6 Å². The summed E-state index contributed by atoms with van der Waals surface area (Å²) < 4.78 is 4.89. The van der Waals surface area contributed by atoms with Gasteiger partial charge >= 0.3 is 6.09 Å². The number of anilines is 1. The van der Waals surface area contributed by atoms with E-state index < -0.39 is 6.09 Å². The van der Waals surface area contributed by atoms with Crippen LogP contribution in [0, 0.1) is 0 Å². The zero-order valence-corrected chi connectivity index (χ0v) is 10.8. The lowest BCUT2D eigenvalue weighted by atomic mass is 10.3. The molecule has 0 spiro atoms. The van der Waals surface area contributed by atoms with Gasteiger partial charge in [-0.3, -0.25) is 9.88 Å². The molecule has 0 saturated heterocycles. The van der Waals surface area contributed by atoms with Crippen LogP contribution >= 0.6 is 11.3 Å². The molecule has 2 heterocycles. The molecule has 94 valence electrons. The molecular formula is C11H12N4O2S. The standard InChI is InChI=1S/C11H12N4O2S/c1-3-17-11(16)15(2)10-14-13-9(18-10)8-5-4-6-12-7-8/h4-7H,3H2,1-2H3. The van der Waals surface area contributed by atoms with Crippen LogP contribution < -0.4 is 4.90 Å². The van der Waals surface area contributed by atoms with Crippen LogP contribution in [0.5, 0.6) is 0 Å². The largest absolute Gasteiger partial charge is 0.449 e. The van der Waals surface area contributed by atoms with E-state index in [1.165, 1.54) is 16.2 Å². The van der Waals surface area contributed by atoms with Crippen LogP contribution in [0.1, 0.15) is 6.92 Å². The van der Waals surface area contributed by atoms with Gasteiger partial charge < -0.3 is 4.74 Å². The van der Waals surface area contributed by atoms with E-state index in [0.29, 0.717) is 16.7 Å². The van der Waals surface area contributed by atoms with Crippen LogP contribution in [0.2, 0.25) is 0 Å². The van der Waals surface area contributed by atoms with Gasteiger partial charge in [-0.25, -0.2) is 4.79 Å². The number of carbonyl (C=O) groups excluding carboxylic acids is 1. The molecule has 0 saturated carbocycles. The highest BCUT2D eigenvalue weighted by Crippen LogP contribution is 2.27. The molecule has 0 N–H and O–H groups in total. The topological polar surface area (TPSA) is 68.2 Å². The minimum absolute atomic E-state index is 0.331. The Hall–Kier alpha value is -2.02. The van der Waals surface area contributed by atoms with Crippen molar-refractivity contribution in [2.24, 2.45) is 0 Å². The second-order valence-corrected chi connectivity index (χ2v) is 4.35. The first-order valence-electron chi connectivity index (χ1n) is 5.36. The van der Waals surface area contributed by atoms with Crippen molar-refractivity contribution in [1.82, 2.24) is 15.2 Å². The lowest BCUT2D eigenvalue weighted by Gasteiger charge is -2.11. The quantitative estimate of drug-likeness (QED) is 0.850. The van der Waals surface area contributed by atoms with Gasteiger partial charge in [0.25, 0.3) is 0 Å². The fourth-order valence-electron chi connectivity index (χ4n) is 1.26. The lowest BCUT2D eigenvalue weighted by Crippen LogP contribution is -2.26. The number of amides is 1. The SMILES string of the molecule is CCOC(=O)N(C)c1nnc(-c2cccnc2)s1. The molecule has 0 aliphatic rings. The monoisotopic (exact) mass is 264 g/mol. The molecule has 0 atom stereocenters. The van der Waals surface area contributed by atoms with Crippen molar-refractivity contribution in [3.8, 4) is 10.6 Å². The second kappa shape index (κ2) is 5.54. The molecule has 18 heavy (non-hydrogen) atoms. The average molecular weight is 264 g/mol. The Morgan fingerprint density at radius 3 is 3.00 bits per heavy atom. The molecule has 0 fully saturated rings. The molecule has 0 bridgehead atoms. The van der Waals surface area contributed by atoms with Crippen molar-refractivity contribution in [3.63, 3.8) is 0 Å². The van der Waals surface area contributed by atoms with E-state index in [2.05, 4.69) is 15.2 Å². The van der Waals surface area contributed by atoms with E-state index in [-0.39, 0.29) is 0 Å². The highest BCUT2D eigenvalue weighted by atomic mass is 32.1. The van der Waals surface area contributed by atoms with Gasteiger partial charge in [-0.2, -0.15) is 0 Å². The summed E-state index contributed by atoms with van der Waals surface area (Å²) >= 11 is 1.31. The summed E-state index contributed by atoms with van der Waals surface area (Å²) in [6.07, 6.45) is 2.96. The second-order valence-electron chi connectivity index (χ2n) is 3.39. The molecule has 7 heteroatoms. The van der Waals surface area contributed by atoms with Crippen molar-refractivity contribution >= 4 is 22.6 Å². The highest BCUT2D eigenvalue weighted by molar-refractivity contribution is 7.18. The summed E-state index contributed by atoms with van der Waals surface area (Å²) in [6.45, 7) is 2.09. The molecule has 0 unspecified atom stereocenters. The highest BCUT2D eigenvalue weighted by Gasteiger charge is 2.17. The summed E-state index contributed by atoms with van der Waals surface area (Å²) in [6, 6.07) is 3.72. The fraction of sp³-hybridized carbons (Fsp3) is 0.273. The molecule has 0 radical (unpaired) electrons. The number of aromatic nitrogens is 3. The first-order valence-corrected chi connectivity index (χ1v) is 6.18. The lowest BCUT2D eigenvalue weighted by molar-refractivity contribution is 0.161. The smallest absolute Gasteiger partial charge is 0.415 e.